The van der Waals surface area contributed by atoms with E-state index in [4.69, 9.17) is 5.73 Å². The van der Waals surface area contributed by atoms with Crippen LogP contribution in [0, 0.1) is 5.92 Å². The van der Waals surface area contributed by atoms with Gasteiger partial charge in [0.1, 0.15) is 0 Å². The van der Waals surface area contributed by atoms with Crippen LogP contribution in [0.25, 0.3) is 0 Å². The van der Waals surface area contributed by atoms with Crippen molar-refractivity contribution < 1.29 is 9.59 Å². The molecule has 1 saturated heterocycles. The van der Waals surface area contributed by atoms with Gasteiger partial charge in [0.15, 0.2) is 5.82 Å². The van der Waals surface area contributed by atoms with E-state index in [0.717, 1.165) is 25.2 Å². The largest absolute Gasteiger partial charge is 0.353 e. The van der Waals surface area contributed by atoms with Crippen molar-refractivity contribution in [3.63, 3.8) is 0 Å². The Morgan fingerprint density at radius 2 is 2.08 bits per heavy atom. The number of hydrogen-bond donors (Lipinski definition) is 3. The Bertz CT molecular complexity index is 561. The van der Waals surface area contributed by atoms with Crippen LogP contribution >= 0.6 is 24.8 Å². The molecule has 1 aromatic rings. The summed E-state index contributed by atoms with van der Waals surface area (Å²) in [5.74, 6) is 0.338. The average Bonchev–Trinajstić information content (AvgIpc) is 3.06. The SMILES string of the molecule is CC(C)[C@H](N)C(=O)NCC(=O)NCC1CCCN1c1cccnn1.Cl.Cl. The number of nitrogens with zero attached hydrogens (tertiary/aromatic N) is 3. The Kier molecular flexibility index (Phi) is 11.1. The van der Waals surface area contributed by atoms with Gasteiger partial charge in [-0.15, -0.1) is 29.9 Å². The van der Waals surface area contributed by atoms with E-state index in [1.54, 1.807) is 6.20 Å². The van der Waals surface area contributed by atoms with Crippen LogP contribution in [0.15, 0.2) is 18.3 Å². The molecule has 8 nitrogen and oxygen atoms in total. The van der Waals surface area contributed by atoms with Crippen molar-refractivity contribution in [3.8, 4) is 0 Å². The number of aromatic nitrogens is 2. The summed E-state index contributed by atoms with van der Waals surface area (Å²) in [6.07, 6.45) is 3.68. The van der Waals surface area contributed by atoms with Crippen LogP contribution < -0.4 is 21.3 Å². The minimum atomic E-state index is -0.597. The lowest BCUT2D eigenvalue weighted by atomic mass is 10.1. The quantitative estimate of drug-likeness (QED) is 0.607. The number of halogens is 2. The molecule has 4 N–H and O–H groups in total. The predicted molar refractivity (Wildman–Crippen MR) is 106 cm³/mol. The maximum atomic E-state index is 11.9. The van der Waals surface area contributed by atoms with Crippen molar-refractivity contribution in [2.24, 2.45) is 11.7 Å². The molecule has 2 atom stereocenters. The zero-order valence-corrected chi connectivity index (χ0v) is 16.7. The Morgan fingerprint density at radius 3 is 2.69 bits per heavy atom. The molecule has 0 radical (unpaired) electrons. The van der Waals surface area contributed by atoms with Gasteiger partial charge >= 0.3 is 0 Å². The fourth-order valence-corrected chi connectivity index (χ4v) is 2.68. The van der Waals surface area contributed by atoms with Crippen molar-refractivity contribution in [2.45, 2.75) is 38.8 Å². The van der Waals surface area contributed by atoms with E-state index in [1.807, 2.05) is 26.0 Å². The molecule has 0 aliphatic carbocycles. The predicted octanol–water partition coefficient (Wildman–Crippen LogP) is 0.505. The monoisotopic (exact) mass is 406 g/mol. The number of hydrogen-bond acceptors (Lipinski definition) is 6. The smallest absolute Gasteiger partial charge is 0.239 e. The van der Waals surface area contributed by atoms with Gasteiger partial charge in [-0.3, -0.25) is 9.59 Å². The van der Waals surface area contributed by atoms with Crippen molar-refractivity contribution in [2.75, 3.05) is 24.5 Å². The lowest BCUT2D eigenvalue weighted by Crippen LogP contribution is -2.48. The fraction of sp³-hybridized carbons (Fsp3) is 0.625. The molecule has 1 aliphatic heterocycles. The molecule has 26 heavy (non-hydrogen) atoms. The average molecular weight is 407 g/mol. The highest BCUT2D eigenvalue weighted by Gasteiger charge is 2.26. The molecular formula is C16H28Cl2N6O2. The summed E-state index contributed by atoms with van der Waals surface area (Å²) in [5.41, 5.74) is 5.74. The molecule has 1 unspecified atom stereocenters. The van der Waals surface area contributed by atoms with Crippen molar-refractivity contribution in [3.05, 3.63) is 18.3 Å². The van der Waals surface area contributed by atoms with E-state index in [9.17, 15) is 9.59 Å². The molecule has 1 aromatic heterocycles. The zero-order chi connectivity index (χ0) is 17.5. The summed E-state index contributed by atoms with van der Waals surface area (Å²) in [5, 5.41) is 13.5. The zero-order valence-electron chi connectivity index (χ0n) is 15.1. The minimum Gasteiger partial charge on any atom is -0.353 e. The molecule has 10 heteroatoms. The van der Waals surface area contributed by atoms with Crippen LogP contribution in [-0.2, 0) is 9.59 Å². The van der Waals surface area contributed by atoms with Crippen LogP contribution in [0.4, 0.5) is 5.82 Å². The molecule has 0 saturated carbocycles. The normalized spacial score (nSPS) is 17.1. The van der Waals surface area contributed by atoms with Gasteiger partial charge in [-0.05, 0) is 30.9 Å². The Labute approximate surface area is 166 Å². The summed E-state index contributed by atoms with van der Waals surface area (Å²) in [6, 6.07) is 3.36. The molecule has 2 amide bonds. The second-order valence-corrected chi connectivity index (χ2v) is 6.36. The van der Waals surface area contributed by atoms with Gasteiger partial charge in [-0.25, -0.2) is 0 Å². The second-order valence-electron chi connectivity index (χ2n) is 6.36. The number of nitrogens with two attached hydrogens (primary N) is 1. The third kappa shape index (κ3) is 6.93. The maximum Gasteiger partial charge on any atom is 0.239 e. The number of anilines is 1. The van der Waals surface area contributed by atoms with E-state index in [1.165, 1.54) is 0 Å². The summed E-state index contributed by atoms with van der Waals surface area (Å²) in [6.45, 7) is 5.09. The highest BCUT2D eigenvalue weighted by Crippen LogP contribution is 2.22. The minimum absolute atomic E-state index is 0. The van der Waals surface area contributed by atoms with Gasteiger partial charge in [-0.1, -0.05) is 13.8 Å². The van der Waals surface area contributed by atoms with Gasteiger partial charge in [0.2, 0.25) is 11.8 Å². The topological polar surface area (TPSA) is 113 Å². The molecule has 0 spiro atoms. The molecule has 1 fully saturated rings. The summed E-state index contributed by atoms with van der Waals surface area (Å²) in [4.78, 5) is 25.8. The number of rotatable bonds is 7. The number of amides is 2. The van der Waals surface area contributed by atoms with Gasteiger partial charge in [0.25, 0.3) is 0 Å². The van der Waals surface area contributed by atoms with Crippen LogP contribution in [0.3, 0.4) is 0 Å². The molecular weight excluding hydrogens is 379 g/mol. The fourth-order valence-electron chi connectivity index (χ4n) is 2.68. The van der Waals surface area contributed by atoms with Crippen LogP contribution in [0.2, 0.25) is 0 Å². The van der Waals surface area contributed by atoms with Crippen LogP contribution in [0.5, 0.6) is 0 Å². The molecule has 2 heterocycles. The first-order valence-electron chi connectivity index (χ1n) is 8.33. The molecule has 2 rings (SSSR count). The Balaban J connectivity index is 0.00000312. The first-order valence-corrected chi connectivity index (χ1v) is 8.33. The lowest BCUT2D eigenvalue weighted by Gasteiger charge is -2.25. The third-order valence-corrected chi connectivity index (χ3v) is 4.21. The third-order valence-electron chi connectivity index (χ3n) is 4.21. The second kappa shape index (κ2) is 11.9. The maximum absolute atomic E-state index is 11.9. The Hall–Kier alpha value is -1.64. The Morgan fingerprint density at radius 1 is 1.35 bits per heavy atom. The van der Waals surface area contributed by atoms with Crippen molar-refractivity contribution in [1.29, 1.82) is 0 Å². The molecule has 148 valence electrons. The van der Waals surface area contributed by atoms with Gasteiger partial charge < -0.3 is 21.3 Å². The van der Waals surface area contributed by atoms with E-state index < -0.39 is 6.04 Å². The van der Waals surface area contributed by atoms with Gasteiger partial charge in [-0.2, -0.15) is 5.10 Å². The van der Waals surface area contributed by atoms with Crippen molar-refractivity contribution >= 4 is 42.4 Å². The summed E-state index contributed by atoms with van der Waals surface area (Å²) < 4.78 is 0. The highest BCUT2D eigenvalue weighted by atomic mass is 35.5. The number of carbonyl (C=O) groups excluding carboxylic acids is 2. The first-order chi connectivity index (χ1) is 11.5. The van der Waals surface area contributed by atoms with Gasteiger partial charge in [0.05, 0.1) is 12.6 Å². The highest BCUT2D eigenvalue weighted by molar-refractivity contribution is 5.87. The van der Waals surface area contributed by atoms with Crippen LogP contribution in [0.1, 0.15) is 26.7 Å². The molecule has 0 bridgehead atoms. The summed E-state index contributed by atoms with van der Waals surface area (Å²) in [7, 11) is 0. The van der Waals surface area contributed by atoms with E-state index in [2.05, 4.69) is 25.7 Å². The number of carbonyl (C=O) groups is 2. The standard InChI is InChI=1S/C16H26N6O2.2ClH/c1-11(2)15(17)16(24)19-10-14(23)18-9-12-5-4-8-22(12)13-6-3-7-20-21-13;;/h3,6-7,11-12,15H,4-5,8-10,17H2,1-2H3,(H,18,23)(H,19,24);2*1H/t12?,15-;;/m0../s1. The summed E-state index contributed by atoms with van der Waals surface area (Å²) >= 11 is 0. The molecule has 1 aliphatic rings. The van der Waals surface area contributed by atoms with Gasteiger partial charge in [0, 0.05) is 25.3 Å². The lowest BCUT2D eigenvalue weighted by molar-refractivity contribution is -0.127. The molecule has 0 aromatic carbocycles. The number of nitrogens with one attached hydrogen (secondary N) is 2. The van der Waals surface area contributed by atoms with E-state index in [0.29, 0.717) is 6.54 Å². The first kappa shape index (κ1) is 24.4. The van der Waals surface area contributed by atoms with Crippen LogP contribution in [-0.4, -0.2) is 53.7 Å². The van der Waals surface area contributed by atoms with E-state index in [-0.39, 0.29) is 55.1 Å². The van der Waals surface area contributed by atoms with E-state index >= 15 is 0 Å². The van der Waals surface area contributed by atoms with Crippen molar-refractivity contribution in [1.82, 2.24) is 20.8 Å².